The van der Waals surface area contributed by atoms with Crippen molar-refractivity contribution in [3.63, 3.8) is 0 Å². The molecule has 0 aliphatic carbocycles. The number of hydrogen-bond donors (Lipinski definition) is 1. The van der Waals surface area contributed by atoms with Gasteiger partial charge in [-0.3, -0.25) is 14.9 Å². The quantitative estimate of drug-likeness (QED) is 0.671. The van der Waals surface area contributed by atoms with Crippen molar-refractivity contribution < 1.29 is 23.8 Å². The molecule has 7 nitrogen and oxygen atoms in total. The average molecular weight is 322 g/mol. The first-order valence-electron chi connectivity index (χ1n) is 6.20. The summed E-state index contributed by atoms with van der Waals surface area (Å²) in [6, 6.07) is 2.87. The topological polar surface area (TPSA) is 86.8 Å². The molecule has 0 bridgehead atoms. The maximum atomic E-state index is 12.4. The Bertz CT molecular complexity index is 685. The lowest BCUT2D eigenvalue weighted by molar-refractivity contribution is -0.131. The molecule has 2 aromatic rings. The molecule has 1 aromatic carbocycles. The van der Waals surface area contributed by atoms with Crippen LogP contribution in [0, 0.1) is 0 Å². The van der Waals surface area contributed by atoms with E-state index in [1.807, 2.05) is 0 Å². The van der Waals surface area contributed by atoms with Gasteiger partial charge in [-0.2, -0.15) is 0 Å². The van der Waals surface area contributed by atoms with Crippen LogP contribution in [-0.2, 0) is 4.79 Å². The predicted octanol–water partition coefficient (Wildman–Crippen LogP) is 2.34. The first-order valence-corrected chi connectivity index (χ1v) is 7.08. The van der Waals surface area contributed by atoms with Crippen molar-refractivity contribution >= 4 is 28.3 Å². The van der Waals surface area contributed by atoms with E-state index in [0.717, 1.165) is 0 Å². The van der Waals surface area contributed by atoms with E-state index in [-0.39, 0.29) is 11.3 Å². The van der Waals surface area contributed by atoms with Crippen LogP contribution < -0.4 is 19.5 Å². The van der Waals surface area contributed by atoms with E-state index in [4.69, 9.17) is 14.2 Å². The molecule has 8 heteroatoms. The number of hydrogen-bond acceptors (Lipinski definition) is 7. The van der Waals surface area contributed by atoms with Crippen molar-refractivity contribution in [2.45, 2.75) is 6.92 Å². The summed E-state index contributed by atoms with van der Waals surface area (Å²) < 4.78 is 15.4. The Kier molecular flexibility index (Phi) is 4.95. The van der Waals surface area contributed by atoms with Crippen LogP contribution >= 0.6 is 11.3 Å². The summed E-state index contributed by atoms with van der Waals surface area (Å²) in [6.07, 6.45) is 1.57. The normalized spacial score (nSPS) is 9.95. The molecule has 1 aromatic heterocycles. The number of carbonyl (C=O) groups excluding carboxylic acids is 2. The number of ether oxygens (including phenoxy) is 3. The second kappa shape index (κ2) is 6.90. The lowest BCUT2D eigenvalue weighted by Gasteiger charge is -2.13. The molecule has 2 rings (SSSR count). The predicted molar refractivity (Wildman–Crippen MR) is 80.9 cm³/mol. The van der Waals surface area contributed by atoms with Gasteiger partial charge in [0.25, 0.3) is 5.91 Å². The lowest BCUT2D eigenvalue weighted by Crippen LogP contribution is -2.15. The van der Waals surface area contributed by atoms with E-state index in [9.17, 15) is 9.59 Å². The molecule has 116 valence electrons. The van der Waals surface area contributed by atoms with Crippen LogP contribution in [0.5, 0.6) is 17.2 Å². The minimum Gasteiger partial charge on any atom is -0.493 e. The van der Waals surface area contributed by atoms with Crippen molar-refractivity contribution in [1.29, 1.82) is 0 Å². The molecule has 0 fully saturated rings. The molecule has 22 heavy (non-hydrogen) atoms. The van der Waals surface area contributed by atoms with Crippen molar-refractivity contribution in [3.05, 3.63) is 29.3 Å². The third kappa shape index (κ3) is 3.53. The van der Waals surface area contributed by atoms with Crippen molar-refractivity contribution in [2.24, 2.45) is 0 Å². The van der Waals surface area contributed by atoms with E-state index in [0.29, 0.717) is 16.6 Å². The van der Waals surface area contributed by atoms with Crippen molar-refractivity contribution in [2.75, 3.05) is 19.5 Å². The highest BCUT2D eigenvalue weighted by Crippen LogP contribution is 2.35. The van der Waals surface area contributed by atoms with Crippen LogP contribution in [0.2, 0.25) is 0 Å². The Labute approximate surface area is 130 Å². The zero-order valence-corrected chi connectivity index (χ0v) is 13.0. The fourth-order valence-electron chi connectivity index (χ4n) is 1.73. The lowest BCUT2D eigenvalue weighted by atomic mass is 10.1. The van der Waals surface area contributed by atoms with E-state index in [1.54, 1.807) is 11.6 Å². The van der Waals surface area contributed by atoms with Gasteiger partial charge in [0.15, 0.2) is 16.6 Å². The van der Waals surface area contributed by atoms with Gasteiger partial charge >= 0.3 is 5.97 Å². The van der Waals surface area contributed by atoms with Gasteiger partial charge in [0, 0.05) is 30.6 Å². The number of methoxy groups -OCH3 is 2. The maximum absolute atomic E-state index is 12.4. The fraction of sp³-hybridized carbons (Fsp3) is 0.214. The van der Waals surface area contributed by atoms with Crippen LogP contribution in [0.4, 0.5) is 5.13 Å². The number of esters is 1. The number of nitrogens with zero attached hydrogens (tertiary/aromatic N) is 1. The molecule has 1 heterocycles. The van der Waals surface area contributed by atoms with Gasteiger partial charge in [0.2, 0.25) is 0 Å². The average Bonchev–Trinajstić information content (AvgIpc) is 2.98. The Morgan fingerprint density at radius 3 is 2.36 bits per heavy atom. The zero-order valence-electron chi connectivity index (χ0n) is 12.2. The number of carbonyl (C=O) groups is 2. The molecule has 1 amide bonds. The summed E-state index contributed by atoms with van der Waals surface area (Å²) in [4.78, 5) is 27.5. The van der Waals surface area contributed by atoms with Gasteiger partial charge in [0.1, 0.15) is 5.75 Å². The Morgan fingerprint density at radius 1 is 1.14 bits per heavy atom. The second-order valence-electron chi connectivity index (χ2n) is 4.09. The maximum Gasteiger partial charge on any atom is 0.308 e. The number of thiazole rings is 1. The van der Waals surface area contributed by atoms with Crippen molar-refractivity contribution in [1.82, 2.24) is 4.98 Å². The highest BCUT2D eigenvalue weighted by molar-refractivity contribution is 7.13. The Hall–Kier alpha value is -2.61. The summed E-state index contributed by atoms with van der Waals surface area (Å²) in [6.45, 7) is 1.25. The van der Waals surface area contributed by atoms with E-state index < -0.39 is 11.9 Å². The second-order valence-corrected chi connectivity index (χ2v) is 4.98. The number of rotatable bonds is 5. The summed E-state index contributed by atoms with van der Waals surface area (Å²) in [5.41, 5.74) is 0.142. The number of benzene rings is 1. The van der Waals surface area contributed by atoms with Crippen LogP contribution in [0.25, 0.3) is 0 Å². The standard InChI is InChI=1S/C14H14N2O5S/c1-8(17)21-10-7-12(20-3)11(19-2)6-9(10)13(18)16-14-15-4-5-22-14/h4-7H,1-3H3,(H,15,16,18). The van der Waals surface area contributed by atoms with Gasteiger partial charge in [0.05, 0.1) is 19.8 Å². The summed E-state index contributed by atoms with van der Waals surface area (Å²) in [7, 11) is 2.90. The molecule has 0 aliphatic rings. The van der Waals surface area contributed by atoms with Crippen molar-refractivity contribution in [3.8, 4) is 17.2 Å². The molecule has 0 saturated heterocycles. The SMILES string of the molecule is COc1cc(OC(C)=O)c(C(=O)Nc2nccs2)cc1OC. The Balaban J connectivity index is 2.41. The monoisotopic (exact) mass is 322 g/mol. The van der Waals surface area contributed by atoms with E-state index in [1.165, 1.54) is 44.6 Å². The molecular formula is C14H14N2O5S. The van der Waals surface area contributed by atoms with Crippen LogP contribution in [0.1, 0.15) is 17.3 Å². The van der Waals surface area contributed by atoms with Gasteiger partial charge in [-0.05, 0) is 0 Å². The van der Waals surface area contributed by atoms with Gasteiger partial charge < -0.3 is 14.2 Å². The minimum atomic E-state index is -0.546. The fourth-order valence-corrected chi connectivity index (χ4v) is 2.25. The van der Waals surface area contributed by atoms with Crippen LogP contribution in [0.15, 0.2) is 23.7 Å². The van der Waals surface area contributed by atoms with E-state index >= 15 is 0 Å². The summed E-state index contributed by atoms with van der Waals surface area (Å²) >= 11 is 1.28. The molecule has 1 N–H and O–H groups in total. The zero-order chi connectivity index (χ0) is 16.1. The smallest absolute Gasteiger partial charge is 0.308 e. The third-order valence-corrected chi connectivity index (χ3v) is 3.33. The molecule has 0 atom stereocenters. The molecule has 0 saturated carbocycles. The number of amides is 1. The summed E-state index contributed by atoms with van der Waals surface area (Å²) in [5, 5.41) is 4.79. The highest BCUT2D eigenvalue weighted by Gasteiger charge is 2.20. The molecular weight excluding hydrogens is 308 g/mol. The summed E-state index contributed by atoms with van der Waals surface area (Å²) in [5.74, 6) is -0.228. The molecule has 0 radical (unpaired) electrons. The number of anilines is 1. The highest BCUT2D eigenvalue weighted by atomic mass is 32.1. The first-order chi connectivity index (χ1) is 10.5. The molecule has 0 aliphatic heterocycles. The third-order valence-electron chi connectivity index (χ3n) is 2.64. The number of aromatic nitrogens is 1. The van der Waals surface area contributed by atoms with E-state index in [2.05, 4.69) is 10.3 Å². The first kappa shape index (κ1) is 15.8. The van der Waals surface area contributed by atoms with Gasteiger partial charge in [-0.1, -0.05) is 0 Å². The van der Waals surface area contributed by atoms with Gasteiger partial charge in [-0.25, -0.2) is 4.98 Å². The number of nitrogens with one attached hydrogen (secondary N) is 1. The molecule has 0 unspecified atom stereocenters. The van der Waals surface area contributed by atoms with Crippen LogP contribution in [-0.4, -0.2) is 31.1 Å². The minimum absolute atomic E-state index is 0.0826. The largest absolute Gasteiger partial charge is 0.493 e. The van der Waals surface area contributed by atoms with Crippen LogP contribution in [0.3, 0.4) is 0 Å². The Morgan fingerprint density at radius 2 is 1.82 bits per heavy atom. The van der Waals surface area contributed by atoms with Gasteiger partial charge in [-0.15, -0.1) is 11.3 Å². The molecule has 0 spiro atoms.